The fourth-order valence-corrected chi connectivity index (χ4v) is 6.14. The molecule has 0 aliphatic heterocycles. The van der Waals surface area contributed by atoms with E-state index in [-0.39, 0.29) is 73.5 Å². The number of aromatic nitrogens is 1. The Labute approximate surface area is 332 Å². The van der Waals surface area contributed by atoms with Crippen molar-refractivity contribution in [2.24, 2.45) is 16.1 Å². The summed E-state index contributed by atoms with van der Waals surface area (Å²) in [5, 5.41) is 49.9. The number of carbonyl (C=O) groups excluding carboxylic acids is 2. The zero-order valence-corrected chi connectivity index (χ0v) is 33.7. The lowest BCUT2D eigenvalue weighted by Crippen LogP contribution is -2.30. The van der Waals surface area contributed by atoms with Crippen LogP contribution in [-0.4, -0.2) is 87.3 Å². The second-order valence-corrected chi connectivity index (χ2v) is 13.5. The number of ether oxygens (including phenoxy) is 4. The fraction of sp³-hybridized carbons (Fsp3) is 0.564. The highest BCUT2D eigenvalue weighted by Crippen LogP contribution is 2.39. The standard InChI is InChI=1S/C39H52N8O8S/c1-6-8-9-10-11-12-13-14-30(39(50)51)23-34(49)55-22-21-54-20-19-53-18-17-52-16-15-47(7-2)37-31(24-40)28(4)35(36(44-37)43-29(5)48)45-46-38-32(25-41)27(3)33(26-42)56-38/h12-13,30H,6-11,14-23H2,1-5H3,(H,50,51)(H,43,44,48)/b13-12+,46-45?. The van der Waals surface area contributed by atoms with Gasteiger partial charge in [-0.3, -0.25) is 14.4 Å². The molecule has 17 heteroatoms. The molecule has 0 aliphatic carbocycles. The highest BCUT2D eigenvalue weighted by Gasteiger charge is 2.23. The highest BCUT2D eigenvalue weighted by atomic mass is 32.1. The van der Waals surface area contributed by atoms with Gasteiger partial charge in [-0.2, -0.15) is 15.8 Å². The predicted molar refractivity (Wildman–Crippen MR) is 210 cm³/mol. The van der Waals surface area contributed by atoms with Crippen LogP contribution in [0.1, 0.15) is 92.8 Å². The minimum Gasteiger partial charge on any atom is -0.481 e. The van der Waals surface area contributed by atoms with Crippen LogP contribution in [0.5, 0.6) is 0 Å². The molecule has 1 amide bonds. The quantitative estimate of drug-likeness (QED) is 0.0396. The first kappa shape index (κ1) is 46.9. The summed E-state index contributed by atoms with van der Waals surface area (Å²) in [6.45, 7) is 11.1. The maximum atomic E-state index is 12.1. The summed E-state index contributed by atoms with van der Waals surface area (Å²) < 4.78 is 21.9. The third-order valence-corrected chi connectivity index (χ3v) is 9.46. The van der Waals surface area contributed by atoms with Crippen LogP contribution in [0.25, 0.3) is 0 Å². The van der Waals surface area contributed by atoms with E-state index < -0.39 is 23.8 Å². The number of carboxylic acids is 1. The molecule has 0 fully saturated rings. The smallest absolute Gasteiger partial charge is 0.307 e. The van der Waals surface area contributed by atoms with Crippen molar-refractivity contribution in [1.29, 1.82) is 15.8 Å². The molecule has 16 nitrogen and oxygen atoms in total. The molecule has 2 aromatic rings. The van der Waals surface area contributed by atoms with Crippen LogP contribution in [0.2, 0.25) is 0 Å². The number of azo groups is 1. The van der Waals surface area contributed by atoms with E-state index >= 15 is 0 Å². The molecular weight excluding hydrogens is 741 g/mol. The zero-order valence-electron chi connectivity index (χ0n) is 32.9. The Morgan fingerprint density at radius 3 is 2.14 bits per heavy atom. The topological polar surface area (TPSA) is 233 Å². The van der Waals surface area contributed by atoms with Crippen molar-refractivity contribution in [3.63, 3.8) is 0 Å². The number of carboxylic acid groups (broad SMARTS) is 1. The molecule has 0 saturated carbocycles. The minimum atomic E-state index is -1.03. The Bertz CT molecular complexity index is 1790. The number of hydrogen-bond acceptors (Lipinski definition) is 15. The molecule has 0 radical (unpaired) electrons. The van der Waals surface area contributed by atoms with E-state index in [4.69, 9.17) is 18.9 Å². The molecule has 2 aromatic heterocycles. The van der Waals surface area contributed by atoms with Crippen molar-refractivity contribution < 1.29 is 38.4 Å². The molecule has 0 aliphatic rings. The van der Waals surface area contributed by atoms with Crippen LogP contribution < -0.4 is 10.2 Å². The molecular formula is C39H52N8O8S. The van der Waals surface area contributed by atoms with Gasteiger partial charge in [0.25, 0.3) is 0 Å². The van der Waals surface area contributed by atoms with Gasteiger partial charge in [-0.15, -0.1) is 21.6 Å². The predicted octanol–water partition coefficient (Wildman–Crippen LogP) is 7.18. The Morgan fingerprint density at radius 1 is 0.893 bits per heavy atom. The summed E-state index contributed by atoms with van der Waals surface area (Å²) >= 11 is 1.02. The first-order valence-electron chi connectivity index (χ1n) is 18.6. The Kier molecular flexibility index (Phi) is 22.2. The Morgan fingerprint density at radius 2 is 1.55 bits per heavy atom. The number of aliphatic carboxylic acids is 1. The molecule has 2 heterocycles. The Balaban J connectivity index is 1.79. The monoisotopic (exact) mass is 792 g/mol. The Hall–Kier alpha value is -5.25. The van der Waals surface area contributed by atoms with Crippen molar-refractivity contribution in [2.75, 3.05) is 69.6 Å². The van der Waals surface area contributed by atoms with Gasteiger partial charge >= 0.3 is 11.9 Å². The van der Waals surface area contributed by atoms with Crippen LogP contribution in [0.3, 0.4) is 0 Å². The van der Waals surface area contributed by atoms with Crippen LogP contribution in [0, 0.1) is 53.8 Å². The van der Waals surface area contributed by atoms with Gasteiger partial charge in [0.05, 0.1) is 63.1 Å². The van der Waals surface area contributed by atoms with E-state index in [2.05, 4.69) is 33.5 Å². The third-order valence-electron chi connectivity index (χ3n) is 8.38. The van der Waals surface area contributed by atoms with Crippen molar-refractivity contribution in [3.05, 3.63) is 39.3 Å². The summed E-state index contributed by atoms with van der Waals surface area (Å²) in [4.78, 5) is 42.5. The maximum Gasteiger partial charge on any atom is 0.307 e. The number of unbranched alkanes of at least 4 members (excludes halogenated alkanes) is 4. The lowest BCUT2D eigenvalue weighted by molar-refractivity contribution is -0.152. The van der Waals surface area contributed by atoms with Crippen molar-refractivity contribution in [2.45, 2.75) is 79.6 Å². The molecule has 0 spiro atoms. The minimum absolute atomic E-state index is 0.0126. The average Bonchev–Trinajstić information content (AvgIpc) is 3.48. The molecule has 0 saturated heterocycles. The number of nitrogens with zero attached hydrogens (tertiary/aromatic N) is 7. The molecule has 302 valence electrons. The maximum absolute atomic E-state index is 12.1. The van der Waals surface area contributed by atoms with Crippen LogP contribution >= 0.6 is 11.3 Å². The molecule has 2 rings (SSSR count). The van der Waals surface area contributed by atoms with E-state index in [1.807, 2.05) is 36.1 Å². The van der Waals surface area contributed by atoms with E-state index in [9.17, 15) is 35.3 Å². The summed E-state index contributed by atoms with van der Waals surface area (Å²) in [7, 11) is 0. The summed E-state index contributed by atoms with van der Waals surface area (Å²) in [6.07, 6.45) is 9.36. The number of rotatable bonds is 27. The molecule has 2 N–H and O–H groups in total. The van der Waals surface area contributed by atoms with Gasteiger partial charge in [-0.1, -0.05) is 38.3 Å². The van der Waals surface area contributed by atoms with Crippen LogP contribution in [-0.2, 0) is 33.3 Å². The number of esters is 1. The first-order chi connectivity index (χ1) is 27.0. The second-order valence-electron chi connectivity index (χ2n) is 12.5. The normalized spacial score (nSPS) is 11.6. The van der Waals surface area contributed by atoms with E-state index in [1.165, 1.54) is 13.3 Å². The summed E-state index contributed by atoms with van der Waals surface area (Å²) in [5.74, 6) is -2.42. The van der Waals surface area contributed by atoms with Gasteiger partial charge in [0.1, 0.15) is 41.2 Å². The molecule has 1 atom stereocenters. The molecule has 1 unspecified atom stereocenters. The number of pyridine rings is 1. The first-order valence-corrected chi connectivity index (χ1v) is 19.4. The van der Waals surface area contributed by atoms with Crippen molar-refractivity contribution in [3.8, 4) is 18.2 Å². The highest BCUT2D eigenvalue weighted by molar-refractivity contribution is 7.16. The SMILES string of the molecule is CCCCCC/C=C/CC(CC(=O)OCCOCCOCCOCCN(CC)c1nc(NC(C)=O)c(N=Nc2sc(C#N)c(C)c2C#N)c(C)c1C#N)C(=O)O. The van der Waals surface area contributed by atoms with Gasteiger partial charge in [0, 0.05) is 25.6 Å². The molecule has 0 aromatic carbocycles. The second kappa shape index (κ2) is 26.5. The lowest BCUT2D eigenvalue weighted by atomic mass is 10.0. The average molecular weight is 793 g/mol. The van der Waals surface area contributed by atoms with E-state index in [0.717, 1.165) is 37.0 Å². The number of allylic oxidation sites excluding steroid dienone is 2. The number of nitriles is 3. The number of nitrogens with one attached hydrogen (secondary N) is 1. The van der Waals surface area contributed by atoms with Crippen molar-refractivity contribution >= 4 is 51.5 Å². The largest absolute Gasteiger partial charge is 0.481 e. The summed E-state index contributed by atoms with van der Waals surface area (Å²) in [5.41, 5.74) is 1.53. The van der Waals surface area contributed by atoms with Gasteiger partial charge < -0.3 is 34.3 Å². The third kappa shape index (κ3) is 15.8. The zero-order chi connectivity index (χ0) is 41.3. The van der Waals surface area contributed by atoms with E-state index in [0.29, 0.717) is 48.1 Å². The van der Waals surface area contributed by atoms with Gasteiger partial charge in [0.15, 0.2) is 10.8 Å². The molecule has 0 bridgehead atoms. The number of thiophene rings is 1. The number of carbonyl (C=O) groups is 3. The van der Waals surface area contributed by atoms with Crippen LogP contribution in [0.15, 0.2) is 22.4 Å². The number of likely N-dealkylation sites (N-methyl/N-ethyl adjacent to an activating group) is 1. The summed E-state index contributed by atoms with van der Waals surface area (Å²) in [6, 6.07) is 6.27. The molecule has 56 heavy (non-hydrogen) atoms. The van der Waals surface area contributed by atoms with Crippen molar-refractivity contribution in [1.82, 2.24) is 4.98 Å². The van der Waals surface area contributed by atoms with Gasteiger partial charge in [-0.25, -0.2) is 4.98 Å². The number of amides is 1. The number of anilines is 2. The number of hydrogen-bond donors (Lipinski definition) is 2. The van der Waals surface area contributed by atoms with E-state index in [1.54, 1.807) is 13.8 Å². The van der Waals surface area contributed by atoms with Gasteiger partial charge in [0.2, 0.25) is 5.91 Å². The fourth-order valence-electron chi connectivity index (χ4n) is 5.26. The van der Waals surface area contributed by atoms with Gasteiger partial charge in [-0.05, 0) is 45.6 Å². The van der Waals surface area contributed by atoms with Crippen LogP contribution in [0.4, 0.5) is 22.3 Å². The lowest BCUT2D eigenvalue weighted by Gasteiger charge is -2.25.